The van der Waals surface area contributed by atoms with Crippen LogP contribution in [0.25, 0.3) is 0 Å². The molecular formula is C13H19NO3. The molecule has 1 aromatic rings. The van der Waals surface area contributed by atoms with Crippen LogP contribution >= 0.6 is 0 Å². The smallest absolute Gasteiger partial charge is 0.376 e. The minimum atomic E-state index is -0.461. The van der Waals surface area contributed by atoms with E-state index in [9.17, 15) is 4.79 Å². The third kappa shape index (κ3) is 2.16. The van der Waals surface area contributed by atoms with Gasteiger partial charge in [-0.1, -0.05) is 13.8 Å². The molecule has 1 aliphatic rings. The monoisotopic (exact) mass is 237 g/mol. The van der Waals surface area contributed by atoms with Gasteiger partial charge in [0.1, 0.15) is 5.76 Å². The van der Waals surface area contributed by atoms with Crippen molar-refractivity contribution < 1.29 is 13.9 Å². The van der Waals surface area contributed by atoms with E-state index in [4.69, 9.17) is 14.9 Å². The summed E-state index contributed by atoms with van der Waals surface area (Å²) >= 11 is 0. The zero-order chi connectivity index (χ0) is 12.6. The van der Waals surface area contributed by atoms with Gasteiger partial charge in [0.15, 0.2) is 0 Å². The molecule has 2 rings (SSSR count). The number of nitrogen functional groups attached to an aromatic ring is 1. The number of ether oxygens (including phenoxy) is 1. The van der Waals surface area contributed by atoms with E-state index in [2.05, 4.69) is 13.8 Å². The second-order valence-corrected chi connectivity index (χ2v) is 5.31. The van der Waals surface area contributed by atoms with Gasteiger partial charge in [0.2, 0.25) is 5.76 Å². The van der Waals surface area contributed by atoms with Crippen molar-refractivity contribution >= 4 is 11.7 Å². The molecule has 0 bridgehead atoms. The number of furan rings is 1. The minimum Gasteiger partial charge on any atom is -0.460 e. The Morgan fingerprint density at radius 1 is 1.53 bits per heavy atom. The van der Waals surface area contributed by atoms with E-state index >= 15 is 0 Å². The molecule has 1 aliphatic carbocycles. The number of aryl methyl sites for hydroxylation is 1. The fraction of sp³-hybridized carbons (Fsp3) is 0.615. The van der Waals surface area contributed by atoms with Crippen LogP contribution in [0.2, 0.25) is 0 Å². The molecule has 0 aromatic carbocycles. The summed E-state index contributed by atoms with van der Waals surface area (Å²) in [7, 11) is 0. The third-order valence-electron chi connectivity index (χ3n) is 3.28. The highest BCUT2D eigenvalue weighted by Crippen LogP contribution is 2.40. The maximum absolute atomic E-state index is 11.6. The highest BCUT2D eigenvalue weighted by molar-refractivity contribution is 5.93. The van der Waals surface area contributed by atoms with Gasteiger partial charge in [-0.3, -0.25) is 0 Å². The van der Waals surface area contributed by atoms with Crippen LogP contribution in [0.5, 0.6) is 0 Å². The second-order valence-electron chi connectivity index (χ2n) is 5.31. The van der Waals surface area contributed by atoms with Crippen LogP contribution in [0.4, 0.5) is 5.69 Å². The van der Waals surface area contributed by atoms with Gasteiger partial charge in [-0.05, 0) is 25.2 Å². The van der Waals surface area contributed by atoms with Crippen LogP contribution in [0, 0.1) is 5.41 Å². The zero-order valence-corrected chi connectivity index (χ0v) is 10.6. The van der Waals surface area contributed by atoms with E-state index in [0.717, 1.165) is 30.6 Å². The number of hydrogen-bond donors (Lipinski definition) is 1. The van der Waals surface area contributed by atoms with Crippen molar-refractivity contribution in [3.63, 3.8) is 0 Å². The molecule has 0 amide bonds. The molecule has 1 aromatic heterocycles. The molecule has 0 radical (unpaired) electrons. The van der Waals surface area contributed by atoms with Crippen LogP contribution in [0.15, 0.2) is 4.42 Å². The molecule has 0 atom stereocenters. The second kappa shape index (κ2) is 4.09. The Morgan fingerprint density at radius 2 is 2.24 bits per heavy atom. The van der Waals surface area contributed by atoms with Gasteiger partial charge in [-0.25, -0.2) is 4.79 Å². The number of esters is 1. The van der Waals surface area contributed by atoms with Gasteiger partial charge in [0, 0.05) is 12.0 Å². The fourth-order valence-corrected chi connectivity index (χ4v) is 2.29. The quantitative estimate of drug-likeness (QED) is 0.803. The lowest BCUT2D eigenvalue weighted by Crippen LogP contribution is -2.21. The van der Waals surface area contributed by atoms with Gasteiger partial charge in [-0.15, -0.1) is 0 Å². The molecule has 4 heteroatoms. The Morgan fingerprint density at radius 3 is 2.88 bits per heavy atom. The number of carbonyl (C=O) groups is 1. The average molecular weight is 237 g/mol. The third-order valence-corrected chi connectivity index (χ3v) is 3.28. The van der Waals surface area contributed by atoms with Crippen molar-refractivity contribution in [2.45, 2.75) is 40.0 Å². The van der Waals surface area contributed by atoms with Crippen molar-refractivity contribution in [1.29, 1.82) is 0 Å². The molecule has 0 saturated heterocycles. The molecule has 0 fully saturated rings. The molecule has 0 aliphatic heterocycles. The largest absolute Gasteiger partial charge is 0.460 e. The summed E-state index contributed by atoms with van der Waals surface area (Å²) in [5, 5.41) is 0. The SMILES string of the molecule is CCOC(=O)c1oc2c(c1N)CC(C)(C)CC2. The van der Waals surface area contributed by atoms with Gasteiger partial charge in [0.05, 0.1) is 12.3 Å². The van der Waals surface area contributed by atoms with E-state index in [0.29, 0.717) is 12.3 Å². The first-order valence-electron chi connectivity index (χ1n) is 6.02. The molecule has 0 unspecified atom stereocenters. The van der Waals surface area contributed by atoms with Crippen LogP contribution in [-0.2, 0) is 17.6 Å². The Kier molecular flexibility index (Phi) is 2.89. The summed E-state index contributed by atoms with van der Waals surface area (Å²) in [6.45, 7) is 6.49. The number of carbonyl (C=O) groups excluding carboxylic acids is 1. The maximum atomic E-state index is 11.6. The Balaban J connectivity index is 2.34. The first kappa shape index (κ1) is 12.0. The normalized spacial score (nSPS) is 17.6. The molecule has 1 heterocycles. The van der Waals surface area contributed by atoms with E-state index in [1.165, 1.54) is 0 Å². The first-order chi connectivity index (χ1) is 7.94. The summed E-state index contributed by atoms with van der Waals surface area (Å²) in [6.07, 6.45) is 2.75. The topological polar surface area (TPSA) is 65.5 Å². The average Bonchev–Trinajstić information content (AvgIpc) is 2.55. The molecule has 94 valence electrons. The highest BCUT2D eigenvalue weighted by Gasteiger charge is 2.32. The molecule has 0 spiro atoms. The van der Waals surface area contributed by atoms with Gasteiger partial charge >= 0.3 is 5.97 Å². The summed E-state index contributed by atoms with van der Waals surface area (Å²) in [4.78, 5) is 11.6. The number of hydrogen-bond acceptors (Lipinski definition) is 4. The lowest BCUT2D eigenvalue weighted by atomic mass is 9.76. The Labute approximate surface area is 101 Å². The number of rotatable bonds is 2. The van der Waals surface area contributed by atoms with E-state index < -0.39 is 5.97 Å². The van der Waals surface area contributed by atoms with Crippen LogP contribution in [-0.4, -0.2) is 12.6 Å². The fourth-order valence-electron chi connectivity index (χ4n) is 2.29. The lowest BCUT2D eigenvalue weighted by Gasteiger charge is -2.28. The van der Waals surface area contributed by atoms with Crippen molar-refractivity contribution in [1.82, 2.24) is 0 Å². The molecule has 2 N–H and O–H groups in total. The van der Waals surface area contributed by atoms with Gasteiger partial charge < -0.3 is 14.9 Å². The summed E-state index contributed by atoms with van der Waals surface area (Å²) in [5.41, 5.74) is 7.66. The first-order valence-corrected chi connectivity index (χ1v) is 6.02. The van der Waals surface area contributed by atoms with Crippen LogP contribution in [0.3, 0.4) is 0 Å². The maximum Gasteiger partial charge on any atom is 0.376 e. The van der Waals surface area contributed by atoms with E-state index in [1.54, 1.807) is 6.92 Å². The summed E-state index contributed by atoms with van der Waals surface area (Å²) in [6, 6.07) is 0. The number of fused-ring (bicyclic) bond motifs is 1. The van der Waals surface area contributed by atoms with Gasteiger partial charge in [-0.2, -0.15) is 0 Å². The van der Waals surface area contributed by atoms with Crippen LogP contribution in [0.1, 0.15) is 49.1 Å². The Bertz CT molecular complexity index is 446. The molecular weight excluding hydrogens is 218 g/mol. The number of nitrogens with two attached hydrogens (primary N) is 1. The number of anilines is 1. The van der Waals surface area contributed by atoms with E-state index in [-0.39, 0.29) is 11.2 Å². The summed E-state index contributed by atoms with van der Waals surface area (Å²) in [5.74, 6) is 0.566. The van der Waals surface area contributed by atoms with Crippen LogP contribution < -0.4 is 5.73 Å². The molecule has 17 heavy (non-hydrogen) atoms. The summed E-state index contributed by atoms with van der Waals surface area (Å²) < 4.78 is 10.5. The van der Waals surface area contributed by atoms with Crippen molar-refractivity contribution in [3.8, 4) is 0 Å². The molecule has 4 nitrogen and oxygen atoms in total. The zero-order valence-electron chi connectivity index (χ0n) is 10.6. The minimum absolute atomic E-state index is 0.176. The van der Waals surface area contributed by atoms with E-state index in [1.807, 2.05) is 0 Å². The highest BCUT2D eigenvalue weighted by atomic mass is 16.5. The van der Waals surface area contributed by atoms with Gasteiger partial charge in [0.25, 0.3) is 0 Å². The molecule has 0 saturated carbocycles. The lowest BCUT2D eigenvalue weighted by molar-refractivity contribution is 0.0489. The standard InChI is InChI=1S/C13H19NO3/c1-4-16-12(15)11-10(14)8-7-13(2,3)6-5-9(8)17-11/h4-7,14H2,1-3H3. The predicted octanol–water partition coefficient (Wildman–Crippen LogP) is 2.55. The predicted molar refractivity (Wildman–Crippen MR) is 64.9 cm³/mol. The Hall–Kier alpha value is -1.45. The van der Waals surface area contributed by atoms with Crippen molar-refractivity contribution in [2.24, 2.45) is 5.41 Å². The van der Waals surface area contributed by atoms with Crippen molar-refractivity contribution in [3.05, 3.63) is 17.1 Å². The van der Waals surface area contributed by atoms with Crippen molar-refractivity contribution in [2.75, 3.05) is 12.3 Å².